The van der Waals surface area contributed by atoms with Gasteiger partial charge in [-0.3, -0.25) is 4.79 Å². The molecule has 2 aromatic rings. The number of ketones is 1. The van der Waals surface area contributed by atoms with Crippen LogP contribution in [0.1, 0.15) is 67.6 Å². The highest BCUT2D eigenvalue weighted by Gasteiger charge is 2.35. The van der Waals surface area contributed by atoms with Crippen molar-refractivity contribution < 1.29 is 34.7 Å². The molecule has 0 amide bonds. The van der Waals surface area contributed by atoms with E-state index in [0.717, 1.165) is 5.57 Å². The summed E-state index contributed by atoms with van der Waals surface area (Å²) in [4.78, 5) is 13.0. The fraction of sp³-hybridized carbons (Fsp3) is 0.423. The zero-order valence-corrected chi connectivity index (χ0v) is 19.5. The quantitative estimate of drug-likeness (QED) is 0.421. The summed E-state index contributed by atoms with van der Waals surface area (Å²) in [5.41, 5.74) is 1.14. The molecule has 1 aliphatic rings. The number of fused-ring (bicyclic) bond motifs is 1. The van der Waals surface area contributed by atoms with E-state index in [9.17, 15) is 25.2 Å². The first kappa shape index (κ1) is 24.5. The number of hydrogen-bond acceptors (Lipinski definition) is 7. The SMILES string of the molecule is C=C(C)C(CCC(C)(C)O)Cc1c(OC)cc(O)c2c1OC(c1ccc(O)cc1O)CC2=O. The molecule has 0 aromatic heterocycles. The first-order valence-corrected chi connectivity index (χ1v) is 10.9. The van der Waals surface area contributed by atoms with Gasteiger partial charge in [0.2, 0.25) is 0 Å². The fourth-order valence-electron chi connectivity index (χ4n) is 4.17. The Bertz CT molecular complexity index is 1070. The monoisotopic (exact) mass is 456 g/mol. The second kappa shape index (κ2) is 9.35. The van der Waals surface area contributed by atoms with Gasteiger partial charge in [0, 0.05) is 23.3 Å². The third-order valence-corrected chi connectivity index (χ3v) is 6.07. The molecule has 2 atom stereocenters. The average Bonchev–Trinajstić information content (AvgIpc) is 2.70. The van der Waals surface area contributed by atoms with E-state index in [0.29, 0.717) is 36.1 Å². The first-order valence-electron chi connectivity index (χ1n) is 10.9. The predicted molar refractivity (Wildman–Crippen MR) is 124 cm³/mol. The highest BCUT2D eigenvalue weighted by atomic mass is 16.5. The van der Waals surface area contributed by atoms with Gasteiger partial charge in [0.05, 0.1) is 19.1 Å². The van der Waals surface area contributed by atoms with Gasteiger partial charge < -0.3 is 29.9 Å². The van der Waals surface area contributed by atoms with Gasteiger partial charge in [-0.25, -0.2) is 0 Å². The Morgan fingerprint density at radius 1 is 1.24 bits per heavy atom. The van der Waals surface area contributed by atoms with Crippen molar-refractivity contribution in [1.29, 1.82) is 0 Å². The van der Waals surface area contributed by atoms with Gasteiger partial charge in [0.15, 0.2) is 5.78 Å². The van der Waals surface area contributed by atoms with Gasteiger partial charge in [-0.05, 0) is 58.1 Å². The molecule has 0 saturated heterocycles. The van der Waals surface area contributed by atoms with Gasteiger partial charge in [0.25, 0.3) is 0 Å². The molecule has 3 rings (SSSR count). The molecule has 7 nitrogen and oxygen atoms in total. The molecule has 1 aliphatic heterocycles. The topological polar surface area (TPSA) is 116 Å². The lowest BCUT2D eigenvalue weighted by molar-refractivity contribution is 0.0650. The molecule has 0 saturated carbocycles. The number of hydrogen-bond donors (Lipinski definition) is 4. The van der Waals surface area contributed by atoms with Crippen LogP contribution in [0.25, 0.3) is 0 Å². The van der Waals surface area contributed by atoms with Gasteiger partial charge in [0.1, 0.15) is 40.4 Å². The van der Waals surface area contributed by atoms with E-state index >= 15 is 0 Å². The Morgan fingerprint density at radius 3 is 2.52 bits per heavy atom. The van der Waals surface area contributed by atoms with Crippen LogP contribution in [0.5, 0.6) is 28.7 Å². The Hall–Kier alpha value is -3.19. The number of methoxy groups -OCH3 is 1. The van der Waals surface area contributed by atoms with E-state index in [1.165, 1.54) is 31.4 Å². The molecule has 0 bridgehead atoms. The summed E-state index contributed by atoms with van der Waals surface area (Å²) < 4.78 is 11.7. The molecule has 4 N–H and O–H groups in total. The smallest absolute Gasteiger partial charge is 0.174 e. The Morgan fingerprint density at radius 2 is 1.94 bits per heavy atom. The maximum Gasteiger partial charge on any atom is 0.174 e. The summed E-state index contributed by atoms with van der Waals surface area (Å²) in [6.07, 6.45) is 0.770. The third-order valence-electron chi connectivity index (χ3n) is 6.07. The number of carbonyl (C=O) groups excluding carboxylic acids is 1. The van der Waals surface area contributed by atoms with E-state index in [2.05, 4.69) is 6.58 Å². The van der Waals surface area contributed by atoms with Crippen LogP contribution >= 0.6 is 0 Å². The van der Waals surface area contributed by atoms with Crippen molar-refractivity contribution in [2.45, 2.75) is 58.2 Å². The molecule has 33 heavy (non-hydrogen) atoms. The minimum absolute atomic E-state index is 0.0277. The molecule has 178 valence electrons. The number of allylic oxidation sites excluding steroid dienone is 1. The Balaban J connectivity index is 2.06. The number of carbonyl (C=O) groups is 1. The van der Waals surface area contributed by atoms with Crippen LogP contribution in [0, 0.1) is 5.92 Å². The van der Waals surface area contributed by atoms with Crippen LogP contribution in [-0.4, -0.2) is 38.9 Å². The summed E-state index contributed by atoms with van der Waals surface area (Å²) in [6, 6.07) is 5.53. The van der Waals surface area contributed by atoms with Crippen molar-refractivity contribution in [1.82, 2.24) is 0 Å². The van der Waals surface area contributed by atoms with Gasteiger partial charge in [-0.15, -0.1) is 0 Å². The Labute approximate surface area is 193 Å². The minimum atomic E-state index is -0.833. The van der Waals surface area contributed by atoms with Crippen LogP contribution < -0.4 is 9.47 Å². The lowest BCUT2D eigenvalue weighted by atomic mass is 9.84. The predicted octanol–water partition coefficient (Wildman–Crippen LogP) is 4.80. The van der Waals surface area contributed by atoms with Crippen molar-refractivity contribution >= 4 is 5.78 Å². The largest absolute Gasteiger partial charge is 0.508 e. The van der Waals surface area contributed by atoms with Crippen molar-refractivity contribution in [3.05, 3.63) is 53.1 Å². The molecule has 0 radical (unpaired) electrons. The van der Waals surface area contributed by atoms with Crippen molar-refractivity contribution in [3.63, 3.8) is 0 Å². The third kappa shape index (κ3) is 5.42. The molecule has 0 spiro atoms. The summed E-state index contributed by atoms with van der Waals surface area (Å²) in [5, 5.41) is 40.7. The molecule has 2 unspecified atom stereocenters. The molecule has 7 heteroatoms. The van der Waals surface area contributed by atoms with E-state index < -0.39 is 11.7 Å². The number of ether oxygens (including phenoxy) is 2. The summed E-state index contributed by atoms with van der Waals surface area (Å²) in [7, 11) is 1.48. The summed E-state index contributed by atoms with van der Waals surface area (Å²) in [5.74, 6) is -0.269. The second-order valence-electron chi connectivity index (χ2n) is 9.36. The van der Waals surface area contributed by atoms with Gasteiger partial charge in [-0.2, -0.15) is 0 Å². The number of benzene rings is 2. The summed E-state index contributed by atoms with van der Waals surface area (Å²) >= 11 is 0. The molecular formula is C26H32O7. The average molecular weight is 457 g/mol. The van der Waals surface area contributed by atoms with Gasteiger partial charge >= 0.3 is 0 Å². The molecule has 0 aliphatic carbocycles. The normalized spacial score (nSPS) is 16.6. The number of aromatic hydroxyl groups is 3. The second-order valence-corrected chi connectivity index (χ2v) is 9.36. The number of Topliss-reactive ketones (excluding diaryl/α,β-unsaturated/α-hetero) is 1. The summed E-state index contributed by atoms with van der Waals surface area (Å²) in [6.45, 7) is 9.52. The van der Waals surface area contributed by atoms with E-state index in [4.69, 9.17) is 9.47 Å². The van der Waals surface area contributed by atoms with E-state index in [1.807, 2.05) is 6.92 Å². The van der Waals surface area contributed by atoms with Crippen LogP contribution in [-0.2, 0) is 6.42 Å². The highest BCUT2D eigenvalue weighted by Crippen LogP contribution is 2.48. The lowest BCUT2D eigenvalue weighted by Gasteiger charge is -2.30. The van der Waals surface area contributed by atoms with Crippen LogP contribution in [0.3, 0.4) is 0 Å². The van der Waals surface area contributed by atoms with E-state index in [-0.39, 0.29) is 46.7 Å². The number of rotatable bonds is 8. The number of phenols is 3. The van der Waals surface area contributed by atoms with Crippen LogP contribution in [0.4, 0.5) is 0 Å². The van der Waals surface area contributed by atoms with Crippen molar-refractivity contribution in [2.75, 3.05) is 7.11 Å². The number of aliphatic hydroxyl groups is 1. The van der Waals surface area contributed by atoms with Crippen LogP contribution in [0.2, 0.25) is 0 Å². The molecule has 1 heterocycles. The van der Waals surface area contributed by atoms with Crippen LogP contribution in [0.15, 0.2) is 36.4 Å². The maximum absolute atomic E-state index is 13.0. The zero-order chi connectivity index (χ0) is 24.5. The molecule has 0 fully saturated rings. The Kier molecular flexibility index (Phi) is 6.93. The zero-order valence-electron chi connectivity index (χ0n) is 19.5. The maximum atomic E-state index is 13.0. The van der Waals surface area contributed by atoms with E-state index in [1.54, 1.807) is 13.8 Å². The first-order chi connectivity index (χ1) is 15.4. The minimum Gasteiger partial charge on any atom is -0.508 e. The van der Waals surface area contributed by atoms with Crippen molar-refractivity contribution in [3.8, 4) is 28.7 Å². The van der Waals surface area contributed by atoms with Crippen molar-refractivity contribution in [2.24, 2.45) is 5.92 Å². The molecule has 2 aromatic carbocycles. The standard InChI is InChI=1S/C26H32O7/c1-14(2)15(8-9-26(3,4)31)10-18-22(32-5)12-20(29)24-21(30)13-23(33-25(18)24)17-7-6-16(27)11-19(17)28/h6-7,11-12,15,23,27-29,31H,1,8-10,13H2,2-5H3. The highest BCUT2D eigenvalue weighted by molar-refractivity contribution is 6.03. The lowest BCUT2D eigenvalue weighted by Crippen LogP contribution is -2.23. The molecular weight excluding hydrogens is 424 g/mol. The van der Waals surface area contributed by atoms with Gasteiger partial charge in [-0.1, -0.05) is 12.2 Å². The number of phenolic OH excluding ortho intramolecular Hbond substituents is 3. The fourth-order valence-corrected chi connectivity index (χ4v) is 4.17.